The first kappa shape index (κ1) is 5.65. The van der Waals surface area contributed by atoms with E-state index in [0.717, 1.165) is 0 Å². The highest BCUT2D eigenvalue weighted by molar-refractivity contribution is 6.19. The maximum absolute atomic E-state index is 5.13. The van der Waals surface area contributed by atoms with E-state index in [1.807, 2.05) is 0 Å². The monoisotopic (exact) mass is 104 g/mol. The number of rotatable bonds is 0. The van der Waals surface area contributed by atoms with Gasteiger partial charge < -0.3 is 4.74 Å². The Morgan fingerprint density at radius 1 is 1.83 bits per heavy atom. The van der Waals surface area contributed by atoms with Crippen LogP contribution in [0.5, 0.6) is 0 Å². The van der Waals surface area contributed by atoms with E-state index in [1.54, 1.807) is 0 Å². The van der Waals surface area contributed by atoms with Gasteiger partial charge in [-0.05, 0) is 5.92 Å². The van der Waals surface area contributed by atoms with Gasteiger partial charge in [-0.2, -0.15) is 0 Å². The zero-order valence-corrected chi connectivity index (χ0v) is 4.25. The average Bonchev–Trinajstić information content (AvgIpc) is 1.61. The molecular weight excluding hydrogens is 99.5 g/mol. The fourth-order valence-electron chi connectivity index (χ4n) is 0.0994. The normalized spacial score (nSPS) is 5.67. The standard InChI is InChI=1S/C4H5ClO/c1-6-4-2-3-5/h3H2,1H3. The molecule has 1 nitrogen and oxygen atoms in total. The zero-order valence-electron chi connectivity index (χ0n) is 3.49. The molecule has 2 heteroatoms. The molecule has 0 unspecified atom stereocenters. The van der Waals surface area contributed by atoms with E-state index in [0.29, 0.717) is 5.88 Å². The molecule has 0 bridgehead atoms. The van der Waals surface area contributed by atoms with Crippen molar-refractivity contribution in [3.05, 3.63) is 0 Å². The molecule has 0 amide bonds. The van der Waals surface area contributed by atoms with Crippen LogP contribution in [0.1, 0.15) is 0 Å². The van der Waals surface area contributed by atoms with E-state index in [4.69, 9.17) is 11.6 Å². The molecule has 0 N–H and O–H groups in total. The highest BCUT2D eigenvalue weighted by Crippen LogP contribution is 1.65. The minimum absolute atomic E-state index is 0.341. The number of hydrogen-bond acceptors (Lipinski definition) is 1. The molecule has 0 aromatic rings. The first-order valence-corrected chi connectivity index (χ1v) is 2.02. The Labute approximate surface area is 42.3 Å². The lowest BCUT2D eigenvalue weighted by molar-refractivity contribution is 0.372. The van der Waals surface area contributed by atoms with E-state index in [1.165, 1.54) is 7.11 Å². The summed E-state index contributed by atoms with van der Waals surface area (Å²) < 4.78 is 4.34. The summed E-state index contributed by atoms with van der Waals surface area (Å²) in [5.74, 6) is 2.83. The molecule has 6 heavy (non-hydrogen) atoms. The molecule has 0 atom stereocenters. The summed E-state index contributed by atoms with van der Waals surface area (Å²) in [4.78, 5) is 0. The van der Waals surface area contributed by atoms with E-state index in [2.05, 4.69) is 16.8 Å². The van der Waals surface area contributed by atoms with Crippen LogP contribution in [0.25, 0.3) is 0 Å². The summed E-state index contributed by atoms with van der Waals surface area (Å²) in [6.45, 7) is 0. The van der Waals surface area contributed by atoms with Crippen molar-refractivity contribution in [2.45, 2.75) is 0 Å². The maximum atomic E-state index is 5.13. The van der Waals surface area contributed by atoms with Gasteiger partial charge in [-0.25, -0.2) is 0 Å². The van der Waals surface area contributed by atoms with Gasteiger partial charge in [0.05, 0.1) is 13.0 Å². The highest BCUT2D eigenvalue weighted by Gasteiger charge is 1.57. The second-order valence-electron chi connectivity index (χ2n) is 0.617. The van der Waals surface area contributed by atoms with Crippen molar-refractivity contribution in [1.29, 1.82) is 0 Å². The molecule has 0 aliphatic heterocycles. The topological polar surface area (TPSA) is 9.23 Å². The van der Waals surface area contributed by atoms with Gasteiger partial charge in [0.1, 0.15) is 6.11 Å². The third-order valence-electron chi connectivity index (χ3n) is 0.241. The largest absolute Gasteiger partial charge is 0.450 e. The molecule has 0 saturated heterocycles. The third kappa shape index (κ3) is 3.65. The van der Waals surface area contributed by atoms with Gasteiger partial charge in [0, 0.05) is 0 Å². The van der Waals surface area contributed by atoms with Gasteiger partial charge in [0.2, 0.25) is 0 Å². The van der Waals surface area contributed by atoms with E-state index in [-0.39, 0.29) is 0 Å². The quantitative estimate of drug-likeness (QED) is 0.327. The number of hydrogen-bond donors (Lipinski definition) is 0. The molecule has 0 spiro atoms. The molecule has 0 saturated carbocycles. The van der Waals surface area contributed by atoms with Crippen LogP contribution in [-0.2, 0) is 4.74 Å². The third-order valence-corrected chi connectivity index (χ3v) is 0.375. The van der Waals surface area contributed by atoms with Crippen LogP contribution in [0.3, 0.4) is 0 Å². The van der Waals surface area contributed by atoms with Gasteiger partial charge in [-0.1, -0.05) is 0 Å². The lowest BCUT2D eigenvalue weighted by Gasteiger charge is -1.71. The SMILES string of the molecule is COC#CCCl. The number of ether oxygens (including phenoxy) is 1. The Morgan fingerprint density at radius 2 is 2.50 bits per heavy atom. The Morgan fingerprint density at radius 3 is 2.67 bits per heavy atom. The maximum Gasteiger partial charge on any atom is 0.111 e. The summed E-state index contributed by atoms with van der Waals surface area (Å²) in [7, 11) is 1.50. The predicted octanol–water partition coefficient (Wildman–Crippen LogP) is 0.833. The van der Waals surface area contributed by atoms with E-state index in [9.17, 15) is 0 Å². The van der Waals surface area contributed by atoms with Crippen LogP contribution < -0.4 is 0 Å². The van der Waals surface area contributed by atoms with Crippen molar-refractivity contribution in [1.82, 2.24) is 0 Å². The molecule has 0 aliphatic carbocycles. The number of halogens is 1. The Hall–Kier alpha value is -0.350. The van der Waals surface area contributed by atoms with E-state index < -0.39 is 0 Å². The summed E-state index contributed by atoms with van der Waals surface area (Å²) >= 11 is 5.13. The van der Waals surface area contributed by atoms with Crippen molar-refractivity contribution in [2.75, 3.05) is 13.0 Å². The van der Waals surface area contributed by atoms with Crippen LogP contribution >= 0.6 is 11.6 Å². The molecular formula is C4H5ClO. The predicted molar refractivity (Wildman–Crippen MR) is 25.5 cm³/mol. The van der Waals surface area contributed by atoms with Gasteiger partial charge in [-0.15, -0.1) is 11.6 Å². The van der Waals surface area contributed by atoms with Gasteiger partial charge in [0.25, 0.3) is 0 Å². The Bertz CT molecular complexity index is 61.4. The molecule has 0 radical (unpaired) electrons. The summed E-state index contributed by atoms with van der Waals surface area (Å²) in [5, 5.41) is 0. The minimum atomic E-state index is 0.341. The van der Waals surface area contributed by atoms with Gasteiger partial charge in [-0.3, -0.25) is 0 Å². The van der Waals surface area contributed by atoms with Crippen LogP contribution in [0.15, 0.2) is 0 Å². The molecule has 0 aromatic carbocycles. The number of alkyl halides is 1. The Kier molecular flexibility index (Phi) is 4.38. The molecule has 0 fully saturated rings. The average molecular weight is 105 g/mol. The molecule has 0 heterocycles. The van der Waals surface area contributed by atoms with Crippen molar-refractivity contribution in [3.63, 3.8) is 0 Å². The fourth-order valence-corrected chi connectivity index (χ4v) is 0.154. The van der Waals surface area contributed by atoms with Crippen LogP contribution in [-0.4, -0.2) is 13.0 Å². The summed E-state index contributed by atoms with van der Waals surface area (Å²) in [5.41, 5.74) is 0. The first-order valence-electron chi connectivity index (χ1n) is 1.48. The van der Waals surface area contributed by atoms with Gasteiger partial charge in [0.15, 0.2) is 0 Å². The highest BCUT2D eigenvalue weighted by atomic mass is 35.5. The molecule has 0 aliphatic rings. The van der Waals surface area contributed by atoms with Crippen molar-refractivity contribution >= 4 is 11.6 Å². The fraction of sp³-hybridized carbons (Fsp3) is 0.500. The second-order valence-corrected chi connectivity index (χ2v) is 0.884. The molecule has 0 rings (SSSR count). The number of methoxy groups -OCH3 is 1. The van der Waals surface area contributed by atoms with Crippen LogP contribution in [0.4, 0.5) is 0 Å². The van der Waals surface area contributed by atoms with Crippen LogP contribution in [0, 0.1) is 12.0 Å². The second kappa shape index (κ2) is 4.65. The van der Waals surface area contributed by atoms with Crippen LogP contribution in [0.2, 0.25) is 0 Å². The molecule has 0 aromatic heterocycles. The van der Waals surface area contributed by atoms with E-state index >= 15 is 0 Å². The summed E-state index contributed by atoms with van der Waals surface area (Å²) in [6, 6.07) is 0. The lowest BCUT2D eigenvalue weighted by atomic mass is 10.8. The molecule has 34 valence electrons. The minimum Gasteiger partial charge on any atom is -0.450 e. The smallest absolute Gasteiger partial charge is 0.111 e. The van der Waals surface area contributed by atoms with Gasteiger partial charge >= 0.3 is 0 Å². The van der Waals surface area contributed by atoms with Crippen molar-refractivity contribution < 1.29 is 4.74 Å². The first-order chi connectivity index (χ1) is 2.91. The summed E-state index contributed by atoms with van der Waals surface area (Å²) in [6.07, 6.45) is 2.32. The van der Waals surface area contributed by atoms with Crippen molar-refractivity contribution in [3.8, 4) is 12.0 Å². The lowest BCUT2D eigenvalue weighted by Crippen LogP contribution is -1.64. The van der Waals surface area contributed by atoms with Crippen molar-refractivity contribution in [2.24, 2.45) is 0 Å². The Balaban J connectivity index is 2.90. The zero-order chi connectivity index (χ0) is 4.83.